The monoisotopic (exact) mass is 232 g/mol. The molecular formula is C12H9ClN2O. The zero-order valence-corrected chi connectivity index (χ0v) is 9.21. The Balaban J connectivity index is 2.30. The van der Waals surface area contributed by atoms with Gasteiger partial charge in [0.25, 0.3) is 0 Å². The third-order valence-corrected chi connectivity index (χ3v) is 3.02. The number of carbonyl (C=O) groups excluding carboxylic acids is 1. The molecule has 0 saturated carbocycles. The smallest absolute Gasteiger partial charge is 0.224 e. The van der Waals surface area contributed by atoms with Gasteiger partial charge in [0.15, 0.2) is 0 Å². The normalized spacial score (nSPS) is 14.7. The van der Waals surface area contributed by atoms with E-state index in [4.69, 9.17) is 11.6 Å². The number of fused-ring (bicyclic) bond motifs is 3. The average molecular weight is 233 g/mol. The highest BCUT2D eigenvalue weighted by Gasteiger charge is 2.18. The van der Waals surface area contributed by atoms with Gasteiger partial charge in [-0.15, -0.1) is 0 Å². The van der Waals surface area contributed by atoms with E-state index in [1.807, 2.05) is 18.2 Å². The van der Waals surface area contributed by atoms with E-state index < -0.39 is 0 Å². The van der Waals surface area contributed by atoms with Crippen molar-refractivity contribution in [3.63, 3.8) is 0 Å². The van der Waals surface area contributed by atoms with Crippen LogP contribution in [-0.4, -0.2) is 10.9 Å². The third-order valence-electron chi connectivity index (χ3n) is 2.78. The number of benzene rings is 1. The Labute approximate surface area is 97.4 Å². The van der Waals surface area contributed by atoms with Crippen molar-refractivity contribution >= 4 is 34.0 Å². The molecule has 0 spiro atoms. The van der Waals surface area contributed by atoms with Crippen molar-refractivity contribution in [3.8, 4) is 0 Å². The van der Waals surface area contributed by atoms with Crippen molar-refractivity contribution in [2.45, 2.75) is 12.8 Å². The predicted octanol–water partition coefficient (Wildman–Crippen LogP) is 2.77. The van der Waals surface area contributed by atoms with Crippen LogP contribution in [0.3, 0.4) is 0 Å². The molecule has 1 N–H and O–H groups in total. The molecule has 2 aromatic rings. The summed E-state index contributed by atoms with van der Waals surface area (Å²) in [7, 11) is 0. The molecule has 80 valence electrons. The van der Waals surface area contributed by atoms with Crippen LogP contribution >= 0.6 is 11.6 Å². The summed E-state index contributed by atoms with van der Waals surface area (Å²) in [4.78, 5) is 15.7. The topological polar surface area (TPSA) is 42.0 Å². The minimum absolute atomic E-state index is 0.0525. The highest BCUT2D eigenvalue weighted by Crippen LogP contribution is 2.30. The molecule has 1 aromatic heterocycles. The summed E-state index contributed by atoms with van der Waals surface area (Å²) in [6, 6.07) is 5.60. The average Bonchev–Trinajstić information content (AvgIpc) is 2.28. The first kappa shape index (κ1) is 9.60. The number of nitrogens with one attached hydrogen (secondary N) is 1. The Morgan fingerprint density at radius 2 is 2.19 bits per heavy atom. The largest absolute Gasteiger partial charge is 0.324 e. The van der Waals surface area contributed by atoms with Gasteiger partial charge in [0.05, 0.1) is 11.4 Å². The fourth-order valence-corrected chi connectivity index (χ4v) is 2.18. The molecule has 0 fully saturated rings. The van der Waals surface area contributed by atoms with Crippen molar-refractivity contribution in [1.82, 2.24) is 4.98 Å². The molecule has 3 nitrogen and oxygen atoms in total. The van der Waals surface area contributed by atoms with E-state index in [-0.39, 0.29) is 5.91 Å². The van der Waals surface area contributed by atoms with Crippen LogP contribution in [0.4, 0.5) is 5.69 Å². The fraction of sp³-hybridized carbons (Fsp3) is 0.167. The molecule has 3 rings (SSSR count). The van der Waals surface area contributed by atoms with Gasteiger partial charge < -0.3 is 5.32 Å². The molecule has 4 heteroatoms. The second-order valence-corrected chi connectivity index (χ2v) is 4.30. The Kier molecular flexibility index (Phi) is 2.07. The molecule has 0 atom stereocenters. The minimum Gasteiger partial charge on any atom is -0.324 e. The number of halogens is 1. The van der Waals surface area contributed by atoms with Gasteiger partial charge in [0.1, 0.15) is 0 Å². The lowest BCUT2D eigenvalue weighted by molar-refractivity contribution is -0.116. The zero-order chi connectivity index (χ0) is 11.1. The van der Waals surface area contributed by atoms with Gasteiger partial charge in [-0.1, -0.05) is 17.7 Å². The number of rotatable bonds is 0. The molecule has 1 aliphatic heterocycles. The van der Waals surface area contributed by atoms with E-state index in [1.165, 1.54) is 0 Å². The first-order chi connectivity index (χ1) is 7.74. The zero-order valence-electron chi connectivity index (χ0n) is 8.46. The van der Waals surface area contributed by atoms with Crippen LogP contribution < -0.4 is 5.32 Å². The number of aromatic nitrogens is 1. The summed E-state index contributed by atoms with van der Waals surface area (Å²) < 4.78 is 0. The quantitative estimate of drug-likeness (QED) is 0.759. The maximum Gasteiger partial charge on any atom is 0.224 e. The lowest BCUT2D eigenvalue weighted by Gasteiger charge is -2.17. The SMILES string of the molecule is O=C1CCc2ncc3cc(Cl)ccc3c2N1. The maximum absolute atomic E-state index is 11.4. The van der Waals surface area contributed by atoms with Gasteiger partial charge in [-0.3, -0.25) is 9.78 Å². The first-order valence-electron chi connectivity index (χ1n) is 5.11. The molecule has 0 bridgehead atoms. The number of aryl methyl sites for hydroxylation is 1. The summed E-state index contributed by atoms with van der Waals surface area (Å²) in [5.41, 5.74) is 1.79. The molecule has 2 heterocycles. The molecular weight excluding hydrogens is 224 g/mol. The number of anilines is 1. The number of nitrogens with zero attached hydrogens (tertiary/aromatic N) is 1. The van der Waals surface area contributed by atoms with E-state index in [0.717, 1.165) is 22.2 Å². The molecule has 0 unspecified atom stereocenters. The predicted molar refractivity (Wildman–Crippen MR) is 63.7 cm³/mol. The van der Waals surface area contributed by atoms with E-state index in [2.05, 4.69) is 10.3 Å². The van der Waals surface area contributed by atoms with Gasteiger partial charge >= 0.3 is 0 Å². The van der Waals surface area contributed by atoms with Gasteiger partial charge in [0.2, 0.25) is 5.91 Å². The lowest BCUT2D eigenvalue weighted by Crippen LogP contribution is -2.20. The lowest BCUT2D eigenvalue weighted by atomic mass is 10.0. The summed E-state index contributed by atoms with van der Waals surface area (Å²) in [6.07, 6.45) is 3.02. The molecule has 0 radical (unpaired) electrons. The number of hydrogen-bond donors (Lipinski definition) is 1. The standard InChI is InChI=1S/C12H9ClN2O/c13-8-1-2-9-7(5-8)6-14-10-3-4-11(16)15-12(9)10/h1-2,5-6H,3-4H2,(H,15,16). The fourth-order valence-electron chi connectivity index (χ4n) is 2.00. The minimum atomic E-state index is 0.0525. The van der Waals surface area contributed by atoms with E-state index >= 15 is 0 Å². The summed E-state index contributed by atoms with van der Waals surface area (Å²) in [6.45, 7) is 0. The molecule has 1 aliphatic rings. The summed E-state index contributed by atoms with van der Waals surface area (Å²) in [5.74, 6) is 0.0525. The Hall–Kier alpha value is -1.61. The highest BCUT2D eigenvalue weighted by atomic mass is 35.5. The van der Waals surface area contributed by atoms with Gasteiger partial charge in [0, 0.05) is 34.8 Å². The van der Waals surface area contributed by atoms with Crippen LogP contribution in [-0.2, 0) is 11.2 Å². The van der Waals surface area contributed by atoms with Gasteiger partial charge in [-0.2, -0.15) is 0 Å². The number of hydrogen-bond acceptors (Lipinski definition) is 2. The van der Waals surface area contributed by atoms with E-state index in [1.54, 1.807) is 6.20 Å². The van der Waals surface area contributed by atoms with Crippen molar-refractivity contribution < 1.29 is 4.79 Å². The van der Waals surface area contributed by atoms with Crippen molar-refractivity contribution in [2.24, 2.45) is 0 Å². The molecule has 1 aromatic carbocycles. The Morgan fingerprint density at radius 3 is 3.06 bits per heavy atom. The number of amides is 1. The first-order valence-corrected chi connectivity index (χ1v) is 5.49. The van der Waals surface area contributed by atoms with Crippen LogP contribution in [0.5, 0.6) is 0 Å². The molecule has 0 aliphatic carbocycles. The maximum atomic E-state index is 11.4. The van der Waals surface area contributed by atoms with E-state index in [9.17, 15) is 4.79 Å². The van der Waals surface area contributed by atoms with E-state index in [0.29, 0.717) is 17.9 Å². The van der Waals surface area contributed by atoms with Gasteiger partial charge in [-0.05, 0) is 12.1 Å². The highest BCUT2D eigenvalue weighted by molar-refractivity contribution is 6.31. The Bertz CT molecular complexity index is 595. The number of pyridine rings is 1. The molecule has 0 saturated heterocycles. The second kappa shape index (κ2) is 3.46. The van der Waals surface area contributed by atoms with Crippen LogP contribution in [0.1, 0.15) is 12.1 Å². The molecule has 16 heavy (non-hydrogen) atoms. The van der Waals surface area contributed by atoms with Crippen molar-refractivity contribution in [3.05, 3.63) is 35.1 Å². The van der Waals surface area contributed by atoms with Crippen LogP contribution in [0.25, 0.3) is 10.8 Å². The Morgan fingerprint density at radius 1 is 1.31 bits per heavy atom. The second-order valence-electron chi connectivity index (χ2n) is 3.86. The van der Waals surface area contributed by atoms with Crippen LogP contribution in [0, 0.1) is 0 Å². The third kappa shape index (κ3) is 1.44. The van der Waals surface area contributed by atoms with Crippen molar-refractivity contribution in [1.29, 1.82) is 0 Å². The summed E-state index contributed by atoms with van der Waals surface area (Å²) >= 11 is 5.92. The van der Waals surface area contributed by atoms with Crippen LogP contribution in [0.15, 0.2) is 24.4 Å². The van der Waals surface area contributed by atoms with Crippen molar-refractivity contribution in [2.75, 3.05) is 5.32 Å². The summed E-state index contributed by atoms with van der Waals surface area (Å²) in [5, 5.41) is 5.51. The van der Waals surface area contributed by atoms with Crippen LogP contribution in [0.2, 0.25) is 5.02 Å². The van der Waals surface area contributed by atoms with Gasteiger partial charge in [-0.25, -0.2) is 0 Å². The molecule has 1 amide bonds. The number of carbonyl (C=O) groups is 1.